The van der Waals surface area contributed by atoms with E-state index in [1.54, 1.807) is 13.0 Å². The van der Waals surface area contributed by atoms with Crippen LogP contribution in [0.25, 0.3) is 0 Å². The molecule has 1 unspecified atom stereocenters. The molecule has 0 bridgehead atoms. The first kappa shape index (κ1) is 15.8. The first-order valence-electron chi connectivity index (χ1n) is 7.09. The van der Waals surface area contributed by atoms with E-state index in [1.807, 2.05) is 31.2 Å². The molecule has 116 valence electrons. The highest BCUT2D eigenvalue weighted by Gasteiger charge is 2.14. The van der Waals surface area contributed by atoms with Crippen molar-refractivity contribution in [2.24, 2.45) is 0 Å². The van der Waals surface area contributed by atoms with Crippen LogP contribution in [0.2, 0.25) is 0 Å². The zero-order valence-corrected chi connectivity index (χ0v) is 12.7. The summed E-state index contributed by atoms with van der Waals surface area (Å²) >= 11 is 0. The lowest BCUT2D eigenvalue weighted by Gasteiger charge is -2.15. The van der Waals surface area contributed by atoms with Gasteiger partial charge in [0.25, 0.3) is 11.5 Å². The number of amides is 1. The van der Waals surface area contributed by atoms with Crippen LogP contribution in [0.15, 0.2) is 47.4 Å². The Morgan fingerprint density at radius 3 is 2.91 bits per heavy atom. The van der Waals surface area contributed by atoms with E-state index in [0.717, 1.165) is 5.56 Å². The van der Waals surface area contributed by atoms with Crippen molar-refractivity contribution in [3.8, 4) is 5.75 Å². The largest absolute Gasteiger partial charge is 0.481 e. The molecule has 6 heteroatoms. The van der Waals surface area contributed by atoms with Crippen LogP contribution in [0.3, 0.4) is 0 Å². The van der Waals surface area contributed by atoms with Gasteiger partial charge in [0.15, 0.2) is 6.10 Å². The smallest absolute Gasteiger partial charge is 0.266 e. The van der Waals surface area contributed by atoms with Crippen molar-refractivity contribution in [3.05, 3.63) is 58.5 Å². The number of benzene rings is 1. The van der Waals surface area contributed by atoms with Gasteiger partial charge in [-0.3, -0.25) is 9.59 Å². The van der Waals surface area contributed by atoms with Gasteiger partial charge in [0.1, 0.15) is 5.75 Å². The Hall–Kier alpha value is -2.63. The molecule has 0 radical (unpaired) electrons. The lowest BCUT2D eigenvalue weighted by molar-refractivity contribution is -0.127. The molecule has 0 saturated heterocycles. The van der Waals surface area contributed by atoms with Gasteiger partial charge in [0.2, 0.25) is 0 Å². The number of hydrogen-bond acceptors (Lipinski definition) is 4. The second kappa shape index (κ2) is 7.40. The van der Waals surface area contributed by atoms with E-state index in [9.17, 15) is 9.59 Å². The normalized spacial score (nSPS) is 11.7. The minimum Gasteiger partial charge on any atom is -0.481 e. The highest BCUT2D eigenvalue weighted by atomic mass is 16.5. The van der Waals surface area contributed by atoms with Gasteiger partial charge in [-0.25, -0.2) is 4.68 Å². The van der Waals surface area contributed by atoms with E-state index in [-0.39, 0.29) is 11.5 Å². The highest BCUT2D eigenvalue weighted by Crippen LogP contribution is 2.14. The molecular weight excluding hydrogens is 282 g/mol. The molecule has 2 rings (SSSR count). The van der Waals surface area contributed by atoms with Crippen LogP contribution in [0.1, 0.15) is 12.5 Å². The highest BCUT2D eigenvalue weighted by molar-refractivity contribution is 5.80. The standard InChI is InChI=1S/C16H19N3O3/c1-12-5-3-6-14(11-12)22-13(2)16(21)17-9-10-19-15(20)7-4-8-18-19/h3-8,11,13H,9-10H2,1-2H3,(H,17,21). The number of nitrogens with one attached hydrogen (secondary N) is 1. The Morgan fingerprint density at radius 2 is 2.18 bits per heavy atom. The fraction of sp³-hybridized carbons (Fsp3) is 0.312. The summed E-state index contributed by atoms with van der Waals surface area (Å²) < 4.78 is 6.89. The summed E-state index contributed by atoms with van der Waals surface area (Å²) in [7, 11) is 0. The predicted molar refractivity (Wildman–Crippen MR) is 82.8 cm³/mol. The molecule has 0 aliphatic carbocycles. The second-order valence-corrected chi connectivity index (χ2v) is 4.95. The van der Waals surface area contributed by atoms with Crippen molar-refractivity contribution >= 4 is 5.91 Å². The molecule has 1 aromatic heterocycles. The topological polar surface area (TPSA) is 73.2 Å². The van der Waals surface area contributed by atoms with E-state index in [0.29, 0.717) is 18.8 Å². The Bertz CT molecular complexity index is 697. The zero-order valence-electron chi connectivity index (χ0n) is 12.7. The monoisotopic (exact) mass is 301 g/mol. The number of aryl methyl sites for hydroxylation is 1. The van der Waals surface area contributed by atoms with Crippen LogP contribution in [0.5, 0.6) is 5.75 Å². The van der Waals surface area contributed by atoms with Crippen molar-refractivity contribution in [3.63, 3.8) is 0 Å². The molecule has 0 fully saturated rings. The summed E-state index contributed by atoms with van der Waals surface area (Å²) in [6.45, 7) is 4.28. The zero-order chi connectivity index (χ0) is 15.9. The Morgan fingerprint density at radius 1 is 1.36 bits per heavy atom. The third kappa shape index (κ3) is 4.44. The molecule has 0 spiro atoms. The molecule has 1 N–H and O–H groups in total. The molecule has 1 amide bonds. The van der Waals surface area contributed by atoms with Crippen LogP contribution in [0, 0.1) is 6.92 Å². The first-order chi connectivity index (χ1) is 10.6. The number of ether oxygens (including phenoxy) is 1. The van der Waals surface area contributed by atoms with Crippen molar-refractivity contribution in [1.82, 2.24) is 15.1 Å². The third-order valence-corrected chi connectivity index (χ3v) is 3.08. The number of aromatic nitrogens is 2. The van der Waals surface area contributed by atoms with Gasteiger partial charge in [-0.2, -0.15) is 5.10 Å². The maximum atomic E-state index is 12.0. The minimum atomic E-state index is -0.609. The molecule has 0 saturated carbocycles. The minimum absolute atomic E-state index is 0.194. The maximum absolute atomic E-state index is 12.0. The van der Waals surface area contributed by atoms with Crippen LogP contribution in [-0.2, 0) is 11.3 Å². The summed E-state index contributed by atoms with van der Waals surface area (Å²) in [5, 5.41) is 6.65. The Balaban J connectivity index is 1.82. The van der Waals surface area contributed by atoms with Crippen molar-refractivity contribution in [1.29, 1.82) is 0 Å². The van der Waals surface area contributed by atoms with Gasteiger partial charge in [-0.1, -0.05) is 12.1 Å². The lowest BCUT2D eigenvalue weighted by atomic mass is 10.2. The fourth-order valence-corrected chi connectivity index (χ4v) is 1.93. The van der Waals surface area contributed by atoms with Crippen LogP contribution in [-0.4, -0.2) is 28.3 Å². The lowest BCUT2D eigenvalue weighted by Crippen LogP contribution is -2.39. The summed E-state index contributed by atoms with van der Waals surface area (Å²) in [6.07, 6.45) is 0.925. The molecule has 1 aromatic carbocycles. The molecule has 0 aliphatic rings. The number of carbonyl (C=O) groups excluding carboxylic acids is 1. The molecular formula is C16H19N3O3. The van der Waals surface area contributed by atoms with Gasteiger partial charge < -0.3 is 10.1 Å². The van der Waals surface area contributed by atoms with E-state index < -0.39 is 6.10 Å². The van der Waals surface area contributed by atoms with Gasteiger partial charge in [-0.15, -0.1) is 0 Å². The first-order valence-corrected chi connectivity index (χ1v) is 7.09. The van der Waals surface area contributed by atoms with Gasteiger partial charge in [-0.05, 0) is 37.6 Å². The SMILES string of the molecule is Cc1cccc(OC(C)C(=O)NCCn2ncccc2=O)c1. The van der Waals surface area contributed by atoms with E-state index in [2.05, 4.69) is 10.4 Å². The van der Waals surface area contributed by atoms with E-state index in [4.69, 9.17) is 4.74 Å². The number of nitrogens with zero attached hydrogens (tertiary/aromatic N) is 2. The van der Waals surface area contributed by atoms with Gasteiger partial charge in [0, 0.05) is 18.8 Å². The molecule has 1 heterocycles. The Labute approximate surface area is 128 Å². The summed E-state index contributed by atoms with van der Waals surface area (Å²) in [4.78, 5) is 23.4. The van der Waals surface area contributed by atoms with E-state index in [1.165, 1.54) is 16.9 Å². The summed E-state index contributed by atoms with van der Waals surface area (Å²) in [6, 6.07) is 10.5. The summed E-state index contributed by atoms with van der Waals surface area (Å²) in [5.41, 5.74) is 0.875. The van der Waals surface area contributed by atoms with Crippen LogP contribution in [0.4, 0.5) is 0 Å². The van der Waals surface area contributed by atoms with Crippen molar-refractivity contribution in [2.75, 3.05) is 6.54 Å². The predicted octanol–water partition coefficient (Wildman–Crippen LogP) is 1.14. The van der Waals surface area contributed by atoms with Crippen molar-refractivity contribution in [2.45, 2.75) is 26.5 Å². The molecule has 0 aliphatic heterocycles. The van der Waals surface area contributed by atoms with Crippen LogP contribution < -0.4 is 15.6 Å². The van der Waals surface area contributed by atoms with E-state index >= 15 is 0 Å². The number of rotatable bonds is 6. The Kier molecular flexibility index (Phi) is 5.30. The average molecular weight is 301 g/mol. The molecule has 22 heavy (non-hydrogen) atoms. The van der Waals surface area contributed by atoms with Gasteiger partial charge in [0.05, 0.1) is 6.54 Å². The maximum Gasteiger partial charge on any atom is 0.266 e. The quantitative estimate of drug-likeness (QED) is 0.868. The second-order valence-electron chi connectivity index (χ2n) is 4.95. The molecule has 6 nitrogen and oxygen atoms in total. The average Bonchev–Trinajstić information content (AvgIpc) is 2.49. The molecule has 2 aromatic rings. The third-order valence-electron chi connectivity index (χ3n) is 3.08. The van der Waals surface area contributed by atoms with Crippen molar-refractivity contribution < 1.29 is 9.53 Å². The molecule has 1 atom stereocenters. The fourth-order valence-electron chi connectivity index (χ4n) is 1.93. The van der Waals surface area contributed by atoms with Gasteiger partial charge >= 0.3 is 0 Å². The number of hydrogen-bond donors (Lipinski definition) is 1. The summed E-state index contributed by atoms with van der Waals surface area (Å²) in [5.74, 6) is 0.425. The number of carbonyl (C=O) groups is 1. The van der Waals surface area contributed by atoms with Crippen LogP contribution >= 0.6 is 0 Å².